The number of rotatable bonds is 7. The molecule has 0 radical (unpaired) electrons. The van der Waals surface area contributed by atoms with Crippen molar-refractivity contribution in [3.63, 3.8) is 0 Å². The Morgan fingerprint density at radius 3 is 2.77 bits per heavy atom. The lowest BCUT2D eigenvalue weighted by Crippen LogP contribution is -2.31. The van der Waals surface area contributed by atoms with Crippen LogP contribution in [0.3, 0.4) is 0 Å². The fraction of sp³-hybridized carbons (Fsp3) is 0.529. The SMILES string of the molecule is CCCCC(=O)NCC1CC(=O)N(Cc2ccc(F)cc2)C1. The first-order chi connectivity index (χ1) is 10.6. The van der Waals surface area contributed by atoms with Crippen molar-refractivity contribution >= 4 is 11.8 Å². The van der Waals surface area contributed by atoms with Crippen LogP contribution in [0.2, 0.25) is 0 Å². The zero-order valence-corrected chi connectivity index (χ0v) is 13.0. The second-order valence-corrected chi connectivity index (χ2v) is 5.88. The monoisotopic (exact) mass is 306 g/mol. The minimum Gasteiger partial charge on any atom is -0.356 e. The predicted octanol–water partition coefficient (Wildman–Crippen LogP) is 2.48. The second kappa shape index (κ2) is 7.92. The van der Waals surface area contributed by atoms with Gasteiger partial charge in [-0.1, -0.05) is 25.5 Å². The number of nitrogens with one attached hydrogen (secondary N) is 1. The van der Waals surface area contributed by atoms with Gasteiger partial charge in [-0.25, -0.2) is 4.39 Å². The molecule has 1 aromatic carbocycles. The van der Waals surface area contributed by atoms with E-state index in [-0.39, 0.29) is 23.5 Å². The minimum atomic E-state index is -0.274. The molecular weight excluding hydrogens is 283 g/mol. The Bertz CT molecular complexity index is 516. The van der Waals surface area contributed by atoms with Gasteiger partial charge in [0, 0.05) is 38.4 Å². The van der Waals surface area contributed by atoms with E-state index in [0.29, 0.717) is 32.5 Å². The molecule has 0 spiro atoms. The van der Waals surface area contributed by atoms with E-state index >= 15 is 0 Å². The molecule has 2 amide bonds. The maximum Gasteiger partial charge on any atom is 0.223 e. The number of likely N-dealkylation sites (tertiary alicyclic amines) is 1. The largest absolute Gasteiger partial charge is 0.356 e. The fourth-order valence-corrected chi connectivity index (χ4v) is 2.64. The van der Waals surface area contributed by atoms with E-state index in [9.17, 15) is 14.0 Å². The van der Waals surface area contributed by atoms with Gasteiger partial charge in [-0.05, 0) is 24.1 Å². The van der Waals surface area contributed by atoms with E-state index in [1.165, 1.54) is 12.1 Å². The van der Waals surface area contributed by atoms with Gasteiger partial charge >= 0.3 is 0 Å². The third kappa shape index (κ3) is 4.83. The Morgan fingerprint density at radius 1 is 1.36 bits per heavy atom. The van der Waals surface area contributed by atoms with E-state index < -0.39 is 0 Å². The Morgan fingerprint density at radius 2 is 2.09 bits per heavy atom. The summed E-state index contributed by atoms with van der Waals surface area (Å²) in [6.45, 7) is 3.74. The number of unbranched alkanes of at least 4 members (excludes halogenated alkanes) is 1. The first-order valence-electron chi connectivity index (χ1n) is 7.87. The summed E-state index contributed by atoms with van der Waals surface area (Å²) in [6, 6.07) is 6.20. The van der Waals surface area contributed by atoms with Crippen LogP contribution in [-0.4, -0.2) is 29.8 Å². The number of amides is 2. The molecule has 1 unspecified atom stereocenters. The first-order valence-corrected chi connectivity index (χ1v) is 7.87. The van der Waals surface area contributed by atoms with Crippen molar-refractivity contribution in [1.29, 1.82) is 0 Å². The maximum absolute atomic E-state index is 12.9. The van der Waals surface area contributed by atoms with Gasteiger partial charge < -0.3 is 10.2 Å². The van der Waals surface area contributed by atoms with Crippen molar-refractivity contribution in [1.82, 2.24) is 10.2 Å². The van der Waals surface area contributed by atoms with Crippen molar-refractivity contribution in [3.8, 4) is 0 Å². The topological polar surface area (TPSA) is 49.4 Å². The predicted molar refractivity (Wildman–Crippen MR) is 82.5 cm³/mol. The Labute approximate surface area is 130 Å². The normalized spacial score (nSPS) is 17.8. The van der Waals surface area contributed by atoms with Crippen LogP contribution >= 0.6 is 0 Å². The number of carbonyl (C=O) groups excluding carboxylic acids is 2. The van der Waals surface area contributed by atoms with E-state index in [1.54, 1.807) is 17.0 Å². The van der Waals surface area contributed by atoms with E-state index in [1.807, 2.05) is 0 Å². The molecule has 0 aromatic heterocycles. The lowest BCUT2D eigenvalue weighted by molar-refractivity contribution is -0.128. The van der Waals surface area contributed by atoms with E-state index in [2.05, 4.69) is 12.2 Å². The molecule has 0 aliphatic carbocycles. The molecule has 1 saturated heterocycles. The molecule has 4 nitrogen and oxygen atoms in total. The summed E-state index contributed by atoms with van der Waals surface area (Å²) >= 11 is 0. The van der Waals surface area contributed by atoms with Gasteiger partial charge in [-0.3, -0.25) is 9.59 Å². The van der Waals surface area contributed by atoms with Gasteiger partial charge in [-0.15, -0.1) is 0 Å². The van der Waals surface area contributed by atoms with Gasteiger partial charge in [0.05, 0.1) is 0 Å². The summed E-state index contributed by atoms with van der Waals surface area (Å²) in [6.07, 6.45) is 2.92. The van der Waals surface area contributed by atoms with Crippen LogP contribution in [0.5, 0.6) is 0 Å². The molecule has 1 atom stereocenters. The number of nitrogens with zero attached hydrogens (tertiary/aromatic N) is 1. The molecule has 0 saturated carbocycles. The highest BCUT2D eigenvalue weighted by Gasteiger charge is 2.29. The van der Waals surface area contributed by atoms with Crippen LogP contribution in [0.15, 0.2) is 24.3 Å². The molecule has 1 heterocycles. The third-order valence-corrected chi connectivity index (χ3v) is 3.93. The van der Waals surface area contributed by atoms with Crippen molar-refractivity contribution in [3.05, 3.63) is 35.6 Å². The molecule has 1 N–H and O–H groups in total. The first kappa shape index (κ1) is 16.5. The van der Waals surface area contributed by atoms with Crippen LogP contribution in [0.25, 0.3) is 0 Å². The number of carbonyl (C=O) groups is 2. The summed E-state index contributed by atoms with van der Waals surface area (Å²) in [5.41, 5.74) is 0.919. The number of hydrogen-bond acceptors (Lipinski definition) is 2. The quantitative estimate of drug-likeness (QED) is 0.841. The second-order valence-electron chi connectivity index (χ2n) is 5.88. The smallest absolute Gasteiger partial charge is 0.223 e. The summed E-state index contributed by atoms with van der Waals surface area (Å²) < 4.78 is 12.9. The Hall–Kier alpha value is -1.91. The van der Waals surface area contributed by atoms with Crippen LogP contribution in [0.4, 0.5) is 4.39 Å². The number of hydrogen-bond donors (Lipinski definition) is 1. The Balaban J connectivity index is 1.78. The lowest BCUT2D eigenvalue weighted by atomic mass is 10.1. The van der Waals surface area contributed by atoms with Gasteiger partial charge in [-0.2, -0.15) is 0 Å². The highest BCUT2D eigenvalue weighted by Crippen LogP contribution is 2.19. The van der Waals surface area contributed by atoms with Gasteiger partial charge in [0.15, 0.2) is 0 Å². The summed E-state index contributed by atoms with van der Waals surface area (Å²) in [5, 5.41) is 2.90. The molecule has 1 aliphatic heterocycles. The molecule has 22 heavy (non-hydrogen) atoms. The average molecular weight is 306 g/mol. The maximum atomic E-state index is 12.9. The molecule has 5 heteroatoms. The van der Waals surface area contributed by atoms with Gasteiger partial charge in [0.2, 0.25) is 11.8 Å². The number of benzene rings is 1. The summed E-state index contributed by atoms with van der Waals surface area (Å²) in [5.74, 6) is 0.0473. The highest BCUT2D eigenvalue weighted by atomic mass is 19.1. The lowest BCUT2D eigenvalue weighted by Gasteiger charge is -2.17. The molecule has 120 valence electrons. The van der Waals surface area contributed by atoms with Gasteiger partial charge in [0.25, 0.3) is 0 Å². The number of halogens is 1. The molecule has 0 bridgehead atoms. The van der Waals surface area contributed by atoms with Crippen LogP contribution < -0.4 is 5.32 Å². The van der Waals surface area contributed by atoms with Crippen molar-refractivity contribution in [2.24, 2.45) is 5.92 Å². The molecule has 1 aliphatic rings. The Kier molecular flexibility index (Phi) is 5.92. The third-order valence-electron chi connectivity index (χ3n) is 3.93. The standard InChI is InChI=1S/C17H23FN2O2/c1-2-3-4-16(21)19-10-14-9-17(22)20(12-14)11-13-5-7-15(18)8-6-13/h5-8,14H,2-4,9-12H2,1H3,(H,19,21). The summed E-state index contributed by atoms with van der Waals surface area (Å²) in [4.78, 5) is 25.4. The average Bonchev–Trinajstić information content (AvgIpc) is 2.85. The molecule has 2 rings (SSSR count). The van der Waals surface area contributed by atoms with Crippen molar-refractivity contribution in [2.45, 2.75) is 39.2 Å². The molecule has 1 fully saturated rings. The molecular formula is C17H23FN2O2. The minimum absolute atomic E-state index is 0.0614. The van der Waals surface area contributed by atoms with E-state index in [0.717, 1.165) is 18.4 Å². The highest BCUT2D eigenvalue weighted by molar-refractivity contribution is 5.79. The summed E-state index contributed by atoms with van der Waals surface area (Å²) in [7, 11) is 0. The van der Waals surface area contributed by atoms with Crippen LogP contribution in [0.1, 0.15) is 38.2 Å². The van der Waals surface area contributed by atoms with Crippen molar-refractivity contribution < 1.29 is 14.0 Å². The van der Waals surface area contributed by atoms with E-state index in [4.69, 9.17) is 0 Å². The fourth-order valence-electron chi connectivity index (χ4n) is 2.64. The molecule has 1 aromatic rings. The zero-order chi connectivity index (χ0) is 15.9. The van der Waals surface area contributed by atoms with Crippen molar-refractivity contribution in [2.75, 3.05) is 13.1 Å². The van der Waals surface area contributed by atoms with Crippen LogP contribution in [-0.2, 0) is 16.1 Å². The van der Waals surface area contributed by atoms with Gasteiger partial charge in [0.1, 0.15) is 5.82 Å². The zero-order valence-electron chi connectivity index (χ0n) is 13.0. The van der Waals surface area contributed by atoms with Crippen LogP contribution in [0, 0.1) is 11.7 Å².